The first-order valence-corrected chi connectivity index (χ1v) is 10.7. The summed E-state index contributed by atoms with van der Waals surface area (Å²) in [6, 6.07) is 17.6. The molecule has 2 aromatic heterocycles. The van der Waals surface area contributed by atoms with Gasteiger partial charge in [0, 0.05) is 48.1 Å². The van der Waals surface area contributed by atoms with Crippen LogP contribution in [-0.4, -0.2) is 52.1 Å². The van der Waals surface area contributed by atoms with Gasteiger partial charge in [0.2, 0.25) is 5.95 Å². The van der Waals surface area contributed by atoms with Crippen molar-refractivity contribution in [2.24, 2.45) is 0 Å². The number of H-pyrrole nitrogens is 1. The van der Waals surface area contributed by atoms with Crippen molar-refractivity contribution in [2.45, 2.75) is 0 Å². The molecule has 1 amide bonds. The predicted octanol–water partition coefficient (Wildman–Crippen LogP) is 3.70. The topological polar surface area (TPSA) is 108 Å². The first-order chi connectivity index (χ1) is 16.2. The SMILES string of the molecule is O=C(Nc1ccc(-c2ccnc(Nc3ccc(N4CCOCC4)cc3)n2)cc1)c1c[nH]cn1. The van der Waals surface area contributed by atoms with Crippen LogP contribution in [0.1, 0.15) is 10.5 Å². The number of rotatable bonds is 6. The Balaban J connectivity index is 1.24. The van der Waals surface area contributed by atoms with Gasteiger partial charge < -0.3 is 25.3 Å². The molecule has 0 bridgehead atoms. The van der Waals surface area contributed by atoms with Crippen molar-refractivity contribution in [3.05, 3.63) is 79.0 Å². The number of carbonyl (C=O) groups excluding carboxylic acids is 1. The lowest BCUT2D eigenvalue weighted by molar-refractivity contribution is 0.102. The van der Waals surface area contributed by atoms with Gasteiger partial charge in [0.15, 0.2) is 0 Å². The second-order valence-electron chi connectivity index (χ2n) is 7.52. The molecule has 3 heterocycles. The largest absolute Gasteiger partial charge is 0.378 e. The molecular formula is C24H23N7O2. The highest BCUT2D eigenvalue weighted by Crippen LogP contribution is 2.23. The van der Waals surface area contributed by atoms with E-state index in [0.717, 1.165) is 43.2 Å². The molecule has 9 nitrogen and oxygen atoms in total. The average Bonchev–Trinajstić information content (AvgIpc) is 3.41. The Hall–Kier alpha value is -4.24. The van der Waals surface area contributed by atoms with E-state index in [1.165, 1.54) is 12.0 Å². The van der Waals surface area contributed by atoms with Crippen molar-refractivity contribution in [2.75, 3.05) is 41.8 Å². The van der Waals surface area contributed by atoms with Crippen LogP contribution < -0.4 is 15.5 Å². The van der Waals surface area contributed by atoms with Crippen LogP contribution in [0.15, 0.2) is 73.3 Å². The van der Waals surface area contributed by atoms with E-state index < -0.39 is 0 Å². The maximum absolute atomic E-state index is 12.1. The van der Waals surface area contributed by atoms with Crippen LogP contribution in [0, 0.1) is 0 Å². The van der Waals surface area contributed by atoms with E-state index in [1.54, 1.807) is 12.4 Å². The Morgan fingerprint density at radius 3 is 2.42 bits per heavy atom. The second-order valence-corrected chi connectivity index (χ2v) is 7.52. The van der Waals surface area contributed by atoms with E-state index in [2.05, 4.69) is 47.6 Å². The Labute approximate surface area is 190 Å². The van der Waals surface area contributed by atoms with Crippen LogP contribution in [0.5, 0.6) is 0 Å². The van der Waals surface area contributed by atoms with Gasteiger partial charge in [-0.05, 0) is 42.5 Å². The normalized spacial score (nSPS) is 13.5. The smallest absolute Gasteiger partial charge is 0.275 e. The summed E-state index contributed by atoms with van der Waals surface area (Å²) in [4.78, 5) is 30.1. The molecule has 0 unspecified atom stereocenters. The van der Waals surface area contributed by atoms with Crippen LogP contribution in [0.25, 0.3) is 11.3 Å². The summed E-state index contributed by atoms with van der Waals surface area (Å²) in [5, 5.41) is 6.08. The molecule has 1 saturated heterocycles. The zero-order valence-electron chi connectivity index (χ0n) is 17.9. The fourth-order valence-electron chi connectivity index (χ4n) is 3.59. The summed E-state index contributed by atoms with van der Waals surface area (Å²) < 4.78 is 5.42. The van der Waals surface area contributed by atoms with Gasteiger partial charge in [-0.15, -0.1) is 0 Å². The number of hydrogen-bond acceptors (Lipinski definition) is 7. The van der Waals surface area contributed by atoms with E-state index >= 15 is 0 Å². The summed E-state index contributed by atoms with van der Waals surface area (Å²) >= 11 is 0. The third-order valence-electron chi connectivity index (χ3n) is 5.32. The molecule has 0 aliphatic carbocycles. The Morgan fingerprint density at radius 2 is 1.70 bits per heavy atom. The van der Waals surface area contributed by atoms with Crippen LogP contribution in [0.3, 0.4) is 0 Å². The van der Waals surface area contributed by atoms with Crippen molar-refractivity contribution in [1.82, 2.24) is 19.9 Å². The molecule has 1 aliphatic heterocycles. The van der Waals surface area contributed by atoms with Gasteiger partial charge in [-0.2, -0.15) is 0 Å². The fourth-order valence-corrected chi connectivity index (χ4v) is 3.59. The molecule has 9 heteroatoms. The quantitative estimate of drug-likeness (QED) is 0.419. The number of aromatic amines is 1. The first kappa shape index (κ1) is 20.7. The molecule has 33 heavy (non-hydrogen) atoms. The Kier molecular flexibility index (Phi) is 5.94. The van der Waals surface area contributed by atoms with Crippen molar-refractivity contribution < 1.29 is 9.53 Å². The standard InChI is InChI=1S/C24H23N7O2/c32-23(22-15-25-16-27-22)28-18-3-1-17(2-4-18)21-9-10-26-24(30-21)29-19-5-7-20(8-6-19)31-11-13-33-14-12-31/h1-10,15-16H,11-14H2,(H,25,27)(H,28,32)(H,26,29,30). The molecule has 0 spiro atoms. The van der Waals surface area contributed by atoms with Crippen LogP contribution >= 0.6 is 0 Å². The highest BCUT2D eigenvalue weighted by molar-refractivity contribution is 6.02. The van der Waals surface area contributed by atoms with Gasteiger partial charge in [0.25, 0.3) is 5.91 Å². The van der Waals surface area contributed by atoms with Crippen molar-refractivity contribution >= 4 is 28.9 Å². The number of hydrogen-bond donors (Lipinski definition) is 3. The number of benzene rings is 2. The van der Waals surface area contributed by atoms with Gasteiger partial charge in [0.05, 0.1) is 25.2 Å². The van der Waals surface area contributed by atoms with Crippen LogP contribution in [0.4, 0.5) is 23.0 Å². The zero-order valence-corrected chi connectivity index (χ0v) is 17.9. The molecule has 0 atom stereocenters. The molecule has 166 valence electrons. The third kappa shape index (κ3) is 4.99. The maximum Gasteiger partial charge on any atom is 0.275 e. The number of amides is 1. The number of ether oxygens (including phenoxy) is 1. The maximum atomic E-state index is 12.1. The minimum Gasteiger partial charge on any atom is -0.378 e. The highest BCUT2D eigenvalue weighted by atomic mass is 16.5. The fraction of sp³-hybridized carbons (Fsp3) is 0.167. The number of aromatic nitrogens is 4. The van der Waals surface area contributed by atoms with Crippen LogP contribution in [0.2, 0.25) is 0 Å². The Morgan fingerprint density at radius 1 is 0.939 bits per heavy atom. The predicted molar refractivity (Wildman–Crippen MR) is 127 cm³/mol. The lowest BCUT2D eigenvalue weighted by Crippen LogP contribution is -2.36. The molecule has 4 aromatic rings. The van der Waals surface area contributed by atoms with E-state index in [1.807, 2.05) is 42.5 Å². The summed E-state index contributed by atoms with van der Waals surface area (Å²) in [6.45, 7) is 3.34. The lowest BCUT2D eigenvalue weighted by Gasteiger charge is -2.28. The van der Waals surface area contributed by atoms with E-state index in [9.17, 15) is 4.79 Å². The minimum atomic E-state index is -0.267. The van der Waals surface area contributed by atoms with Gasteiger partial charge in [0.1, 0.15) is 5.69 Å². The number of carbonyl (C=O) groups is 1. The molecular weight excluding hydrogens is 418 g/mol. The molecule has 0 saturated carbocycles. The second kappa shape index (κ2) is 9.49. The minimum absolute atomic E-state index is 0.267. The molecule has 0 radical (unpaired) electrons. The van der Waals surface area contributed by atoms with Gasteiger partial charge in [-0.3, -0.25) is 4.79 Å². The molecule has 1 aliphatic rings. The monoisotopic (exact) mass is 441 g/mol. The van der Waals surface area contributed by atoms with E-state index in [0.29, 0.717) is 17.3 Å². The lowest BCUT2D eigenvalue weighted by atomic mass is 10.1. The number of anilines is 4. The zero-order chi connectivity index (χ0) is 22.5. The summed E-state index contributed by atoms with van der Waals surface area (Å²) in [6.07, 6.45) is 4.74. The average molecular weight is 441 g/mol. The van der Waals surface area contributed by atoms with E-state index in [4.69, 9.17) is 4.74 Å². The third-order valence-corrected chi connectivity index (χ3v) is 5.32. The summed E-state index contributed by atoms with van der Waals surface area (Å²) in [5.41, 5.74) is 4.81. The van der Waals surface area contributed by atoms with E-state index in [-0.39, 0.29) is 5.91 Å². The molecule has 1 fully saturated rings. The first-order valence-electron chi connectivity index (χ1n) is 10.7. The Bertz CT molecular complexity index is 1200. The van der Waals surface area contributed by atoms with Gasteiger partial charge >= 0.3 is 0 Å². The molecule has 5 rings (SSSR count). The summed E-state index contributed by atoms with van der Waals surface area (Å²) in [7, 11) is 0. The summed E-state index contributed by atoms with van der Waals surface area (Å²) in [5.74, 6) is 0.250. The number of imidazole rings is 1. The highest BCUT2D eigenvalue weighted by Gasteiger charge is 2.11. The molecule has 2 aromatic carbocycles. The molecule has 3 N–H and O–H groups in total. The number of nitrogens with one attached hydrogen (secondary N) is 3. The van der Waals surface area contributed by atoms with Gasteiger partial charge in [-0.1, -0.05) is 12.1 Å². The van der Waals surface area contributed by atoms with Crippen molar-refractivity contribution in [3.8, 4) is 11.3 Å². The van der Waals surface area contributed by atoms with Crippen molar-refractivity contribution in [1.29, 1.82) is 0 Å². The van der Waals surface area contributed by atoms with Gasteiger partial charge in [-0.25, -0.2) is 15.0 Å². The van der Waals surface area contributed by atoms with Crippen LogP contribution in [-0.2, 0) is 4.74 Å². The van der Waals surface area contributed by atoms with Crippen molar-refractivity contribution in [3.63, 3.8) is 0 Å². The number of nitrogens with zero attached hydrogens (tertiary/aromatic N) is 4. The number of morpholine rings is 1.